The Hall–Kier alpha value is -3.38. The number of hydrogen-bond acceptors (Lipinski definition) is 4. The molecule has 0 saturated carbocycles. The molecule has 0 aliphatic heterocycles. The number of carboxylic acid groups (broad SMARTS) is 1. The second kappa shape index (κ2) is 11.1. The minimum Gasteiger partial charge on any atom is -0.478 e. The highest BCUT2D eigenvalue weighted by molar-refractivity contribution is 8.14. The number of amides is 1. The second-order valence-electron chi connectivity index (χ2n) is 7.07. The van der Waals surface area contributed by atoms with Crippen LogP contribution in [-0.2, 0) is 17.8 Å². The van der Waals surface area contributed by atoms with Gasteiger partial charge in [0.15, 0.2) is 0 Å². The molecule has 0 heterocycles. The van der Waals surface area contributed by atoms with Gasteiger partial charge in [-0.25, -0.2) is 4.79 Å². The van der Waals surface area contributed by atoms with Crippen molar-refractivity contribution >= 4 is 28.8 Å². The molecule has 5 nitrogen and oxygen atoms in total. The number of thioether (sulfide) groups is 1. The van der Waals surface area contributed by atoms with E-state index < -0.39 is 11.9 Å². The van der Waals surface area contributed by atoms with Gasteiger partial charge in [0.1, 0.15) is 0 Å². The Labute approximate surface area is 185 Å². The highest BCUT2D eigenvalue weighted by atomic mass is 32.2. The summed E-state index contributed by atoms with van der Waals surface area (Å²) in [5, 5.41) is 12.0. The Morgan fingerprint density at radius 2 is 1.42 bits per heavy atom. The van der Waals surface area contributed by atoms with Gasteiger partial charge in [0.2, 0.25) is 11.0 Å². The molecule has 158 valence electrons. The number of benzene rings is 3. The van der Waals surface area contributed by atoms with Crippen LogP contribution in [0.2, 0.25) is 0 Å². The summed E-state index contributed by atoms with van der Waals surface area (Å²) in [4.78, 5) is 36.6. The Morgan fingerprint density at radius 1 is 0.806 bits per heavy atom. The van der Waals surface area contributed by atoms with Crippen molar-refractivity contribution in [2.24, 2.45) is 5.92 Å². The molecule has 0 spiro atoms. The molecule has 0 fully saturated rings. The highest BCUT2D eigenvalue weighted by Crippen LogP contribution is 2.19. The van der Waals surface area contributed by atoms with Crippen molar-refractivity contribution in [3.8, 4) is 0 Å². The summed E-state index contributed by atoms with van der Waals surface area (Å²) in [6, 6.07) is 25.2. The van der Waals surface area contributed by atoms with E-state index in [1.807, 2.05) is 48.5 Å². The van der Waals surface area contributed by atoms with Crippen LogP contribution in [-0.4, -0.2) is 27.9 Å². The minimum absolute atomic E-state index is 0.0689. The van der Waals surface area contributed by atoms with Crippen molar-refractivity contribution in [1.29, 1.82) is 0 Å². The molecular weight excluding hydrogens is 410 g/mol. The molecule has 1 atom stereocenters. The van der Waals surface area contributed by atoms with E-state index in [1.54, 1.807) is 30.3 Å². The number of carbonyl (C=O) groups excluding carboxylic acids is 2. The third-order valence-electron chi connectivity index (χ3n) is 4.76. The molecule has 31 heavy (non-hydrogen) atoms. The van der Waals surface area contributed by atoms with E-state index in [1.165, 1.54) is 6.07 Å². The average Bonchev–Trinajstić information content (AvgIpc) is 2.81. The van der Waals surface area contributed by atoms with Gasteiger partial charge in [0.25, 0.3) is 0 Å². The van der Waals surface area contributed by atoms with E-state index in [0.29, 0.717) is 23.3 Å². The lowest BCUT2D eigenvalue weighted by atomic mass is 10.00. The Bertz CT molecular complexity index is 1040. The lowest BCUT2D eigenvalue weighted by Gasteiger charge is -2.17. The Balaban J connectivity index is 1.66. The fourth-order valence-corrected chi connectivity index (χ4v) is 4.03. The van der Waals surface area contributed by atoms with Crippen LogP contribution in [0.4, 0.5) is 0 Å². The molecule has 3 rings (SSSR count). The van der Waals surface area contributed by atoms with Gasteiger partial charge in [-0.2, -0.15) is 0 Å². The van der Waals surface area contributed by atoms with Crippen LogP contribution >= 0.6 is 11.8 Å². The van der Waals surface area contributed by atoms with Crippen LogP contribution in [0.25, 0.3) is 0 Å². The summed E-state index contributed by atoms with van der Waals surface area (Å²) >= 11 is 1.14. The van der Waals surface area contributed by atoms with Crippen molar-refractivity contribution in [2.45, 2.75) is 13.0 Å². The van der Waals surface area contributed by atoms with Crippen LogP contribution in [0.5, 0.6) is 0 Å². The molecule has 0 radical (unpaired) electrons. The topological polar surface area (TPSA) is 83.5 Å². The van der Waals surface area contributed by atoms with Gasteiger partial charge in [0.05, 0.1) is 11.5 Å². The molecule has 0 aromatic heterocycles. The van der Waals surface area contributed by atoms with E-state index >= 15 is 0 Å². The van der Waals surface area contributed by atoms with Crippen molar-refractivity contribution in [3.63, 3.8) is 0 Å². The Kier molecular flexibility index (Phi) is 8.01. The maximum atomic E-state index is 12.9. The lowest BCUT2D eigenvalue weighted by molar-refractivity contribution is -0.124. The zero-order chi connectivity index (χ0) is 22.1. The van der Waals surface area contributed by atoms with Gasteiger partial charge in [-0.1, -0.05) is 84.6 Å². The van der Waals surface area contributed by atoms with E-state index in [4.69, 9.17) is 5.11 Å². The van der Waals surface area contributed by atoms with E-state index in [0.717, 1.165) is 17.3 Å². The van der Waals surface area contributed by atoms with Crippen LogP contribution < -0.4 is 5.32 Å². The first-order valence-electron chi connectivity index (χ1n) is 9.89. The first-order chi connectivity index (χ1) is 15.0. The zero-order valence-corrected chi connectivity index (χ0v) is 17.7. The van der Waals surface area contributed by atoms with Crippen LogP contribution in [0.1, 0.15) is 31.8 Å². The van der Waals surface area contributed by atoms with Crippen molar-refractivity contribution in [1.82, 2.24) is 5.32 Å². The molecule has 3 aromatic carbocycles. The SMILES string of the molecule is O=C(O)c1cccc(CNC(=O)C(CSC(=O)c2ccccc2)Cc2ccccc2)c1. The quantitative estimate of drug-likeness (QED) is 0.521. The van der Waals surface area contributed by atoms with Crippen molar-refractivity contribution in [2.75, 3.05) is 5.75 Å². The van der Waals surface area contributed by atoms with E-state index in [9.17, 15) is 14.4 Å². The van der Waals surface area contributed by atoms with Crippen molar-refractivity contribution in [3.05, 3.63) is 107 Å². The fraction of sp³-hybridized carbons (Fsp3) is 0.160. The van der Waals surface area contributed by atoms with Crippen LogP contribution in [0.3, 0.4) is 0 Å². The number of carboxylic acids is 1. The number of nitrogens with one attached hydrogen (secondary N) is 1. The fourth-order valence-electron chi connectivity index (χ4n) is 3.11. The minimum atomic E-state index is -1.01. The molecule has 0 aliphatic carbocycles. The molecule has 2 N–H and O–H groups in total. The molecule has 1 amide bonds. The normalized spacial score (nSPS) is 11.5. The standard InChI is InChI=1S/C25H23NO4S/c27-23(26-16-19-10-7-13-21(15-19)24(28)29)22(14-18-8-3-1-4-9-18)17-31-25(30)20-11-5-2-6-12-20/h1-13,15,22H,14,16-17H2,(H,26,27)(H,28,29). The number of aromatic carboxylic acids is 1. The second-order valence-corrected chi connectivity index (χ2v) is 8.07. The van der Waals surface area contributed by atoms with Crippen LogP contribution in [0.15, 0.2) is 84.9 Å². The van der Waals surface area contributed by atoms with Crippen molar-refractivity contribution < 1.29 is 19.5 Å². The first-order valence-corrected chi connectivity index (χ1v) is 10.9. The summed E-state index contributed by atoms with van der Waals surface area (Å²) in [7, 11) is 0. The highest BCUT2D eigenvalue weighted by Gasteiger charge is 2.21. The summed E-state index contributed by atoms with van der Waals surface area (Å²) in [5.74, 6) is -1.23. The van der Waals surface area contributed by atoms with E-state index in [2.05, 4.69) is 5.32 Å². The van der Waals surface area contributed by atoms with Crippen LogP contribution in [0, 0.1) is 5.92 Å². The van der Waals surface area contributed by atoms with Gasteiger partial charge in [0, 0.05) is 17.9 Å². The summed E-state index contributed by atoms with van der Waals surface area (Å²) < 4.78 is 0. The Morgan fingerprint density at radius 3 is 2.10 bits per heavy atom. The summed E-state index contributed by atoms with van der Waals surface area (Å²) in [5.41, 5.74) is 2.51. The van der Waals surface area contributed by atoms with E-state index in [-0.39, 0.29) is 23.1 Å². The lowest BCUT2D eigenvalue weighted by Crippen LogP contribution is -2.33. The molecule has 0 bridgehead atoms. The first kappa shape index (κ1) is 22.3. The third-order valence-corrected chi connectivity index (χ3v) is 5.83. The predicted molar refractivity (Wildman–Crippen MR) is 122 cm³/mol. The number of hydrogen-bond donors (Lipinski definition) is 2. The average molecular weight is 434 g/mol. The largest absolute Gasteiger partial charge is 0.478 e. The monoisotopic (exact) mass is 433 g/mol. The molecule has 0 saturated heterocycles. The third kappa shape index (κ3) is 6.83. The molecule has 0 aliphatic rings. The molecular formula is C25H23NO4S. The zero-order valence-electron chi connectivity index (χ0n) is 16.9. The maximum Gasteiger partial charge on any atom is 0.335 e. The molecule has 3 aromatic rings. The van der Waals surface area contributed by atoms with Gasteiger partial charge >= 0.3 is 5.97 Å². The van der Waals surface area contributed by atoms with Gasteiger partial charge in [-0.15, -0.1) is 0 Å². The summed E-state index contributed by atoms with van der Waals surface area (Å²) in [6.45, 7) is 0.225. The number of rotatable bonds is 9. The molecule has 1 unspecified atom stereocenters. The predicted octanol–water partition coefficient (Wildman–Crippen LogP) is 4.43. The summed E-state index contributed by atoms with van der Waals surface area (Å²) in [6.07, 6.45) is 0.511. The van der Waals surface area contributed by atoms with Gasteiger partial charge < -0.3 is 10.4 Å². The van der Waals surface area contributed by atoms with Gasteiger partial charge in [-0.3, -0.25) is 9.59 Å². The number of carbonyl (C=O) groups is 3. The van der Waals surface area contributed by atoms with Gasteiger partial charge in [-0.05, 0) is 29.7 Å². The molecule has 6 heteroatoms. The smallest absolute Gasteiger partial charge is 0.335 e. The maximum absolute atomic E-state index is 12.9.